The monoisotopic (exact) mass is 1360 g/mol. The summed E-state index contributed by atoms with van der Waals surface area (Å²) < 4.78 is 93.1. The molecule has 1 aliphatic heterocycles. The van der Waals surface area contributed by atoms with Crippen LogP contribution in [-0.2, 0) is 96.7 Å². The Morgan fingerprint density at radius 2 is 1.14 bits per heavy atom. The van der Waals surface area contributed by atoms with E-state index in [2.05, 4.69) is 26.7 Å². The molecule has 1 aromatic carbocycles. The molecule has 1 aromatic heterocycles. The van der Waals surface area contributed by atoms with Crippen LogP contribution in [-0.4, -0.2) is 207 Å². The minimum atomic E-state index is -4.81. The first-order valence-corrected chi connectivity index (χ1v) is 35.8. The second-order valence-corrected chi connectivity index (χ2v) is 31.5. The summed E-state index contributed by atoms with van der Waals surface area (Å²) in [6.07, 6.45) is 5.92. The molecule has 0 radical (unpaired) electrons. The molecule has 2 aliphatic rings. The van der Waals surface area contributed by atoms with Gasteiger partial charge < -0.3 is 39.6 Å². The van der Waals surface area contributed by atoms with Crippen molar-refractivity contribution in [3.05, 3.63) is 52.3 Å². The number of unbranched alkanes of at least 4 members (excludes halogenated alkanes) is 1. The van der Waals surface area contributed by atoms with Gasteiger partial charge in [-0.05, 0) is 196 Å². The van der Waals surface area contributed by atoms with Gasteiger partial charge in [0.05, 0.1) is 24.6 Å². The van der Waals surface area contributed by atoms with Gasteiger partial charge in [-0.1, -0.05) is 6.07 Å². The number of rotatable bonds is 33. The molecule has 2 aromatic rings. The Morgan fingerprint density at radius 1 is 0.606 bits per heavy atom. The fourth-order valence-corrected chi connectivity index (χ4v) is 13.1. The minimum Gasteiger partial charge on any atom is -0.494 e. The number of aromatic nitrogens is 1. The summed E-state index contributed by atoms with van der Waals surface area (Å²) in [5, 5.41) is 7.81. The number of fused-ring (bicyclic) bond motifs is 1. The summed E-state index contributed by atoms with van der Waals surface area (Å²) in [7, 11) is -9.19. The van der Waals surface area contributed by atoms with Crippen molar-refractivity contribution in [2.45, 2.75) is 232 Å². The Balaban J connectivity index is 1.30. The third-order valence-corrected chi connectivity index (χ3v) is 17.3. The van der Waals surface area contributed by atoms with Gasteiger partial charge in [-0.25, -0.2) is 8.42 Å². The molecule has 1 aliphatic carbocycles. The van der Waals surface area contributed by atoms with Crippen LogP contribution < -0.4 is 25.4 Å². The van der Waals surface area contributed by atoms with Crippen LogP contribution in [0.3, 0.4) is 0 Å². The number of Topliss-reactive ketones (excluding diaryl/α,β-unsaturated/α-hetero) is 1. The quantitative estimate of drug-likeness (QED) is 0.0266. The third kappa shape index (κ3) is 31.6. The molecule has 0 bridgehead atoms. The standard InChI is InChI=1S/C66H106N8O18S2/c1-45-39-49(40-46(2)60(45)94(86,87)71-51(61(81)91-65(9,10)11)41-68-56(77)25-18-16-22-48-28-27-47-21-15-17-23-50(47)69-48)88-38-20-26-55(76)67-31-19-24-54(75)52(44-93(83,84)85)70-57(78)30-29-53(62(82)92-66(12,13)14)74-36-34-72(42-58(79)89-63(3,4)5)32-33-73(35-37-74)43-59(80)90-64(6,7)8/h27-28,39-40,51-53,71H,15-26,29-38,41-44H2,1-14H3,(H,67,76)(H,68,77)(H,70,78)(H,83,84,85)/t51?,52-,53?/m0/s1. The maximum absolute atomic E-state index is 14.0. The highest BCUT2D eigenvalue weighted by Gasteiger charge is 2.36. The first-order chi connectivity index (χ1) is 43.5. The maximum atomic E-state index is 14.0. The van der Waals surface area contributed by atoms with Gasteiger partial charge in [0.15, 0.2) is 5.78 Å². The fraction of sp³-hybridized carbons (Fsp3) is 0.712. The molecule has 1 fully saturated rings. The van der Waals surface area contributed by atoms with Gasteiger partial charge in [0.25, 0.3) is 10.1 Å². The third-order valence-electron chi connectivity index (χ3n) is 14.8. The molecule has 4 rings (SSSR count). The number of pyridine rings is 1. The normalized spacial score (nSPS) is 15.9. The van der Waals surface area contributed by atoms with Crippen LogP contribution in [0.4, 0.5) is 0 Å². The van der Waals surface area contributed by atoms with Crippen molar-refractivity contribution in [3.8, 4) is 5.75 Å². The van der Waals surface area contributed by atoms with Gasteiger partial charge in [0, 0.05) is 89.4 Å². The zero-order valence-corrected chi connectivity index (χ0v) is 59.6. The summed E-state index contributed by atoms with van der Waals surface area (Å²) in [4.78, 5) is 117. The highest BCUT2D eigenvalue weighted by molar-refractivity contribution is 7.89. The van der Waals surface area contributed by atoms with Crippen molar-refractivity contribution in [3.63, 3.8) is 0 Å². The van der Waals surface area contributed by atoms with Gasteiger partial charge in [0.1, 0.15) is 52.0 Å². The van der Waals surface area contributed by atoms with Gasteiger partial charge >= 0.3 is 23.9 Å². The average Bonchev–Trinajstić information content (AvgIpc) is 0.840. The van der Waals surface area contributed by atoms with Gasteiger partial charge in [-0.15, -0.1) is 0 Å². The Hall–Kier alpha value is -6.17. The van der Waals surface area contributed by atoms with E-state index in [9.17, 15) is 59.7 Å². The van der Waals surface area contributed by atoms with E-state index in [1.54, 1.807) is 102 Å². The number of sulfonamides is 1. The molecule has 3 atom stereocenters. The fourth-order valence-electron chi connectivity index (χ4n) is 10.7. The molecule has 2 unspecified atom stereocenters. The molecule has 0 spiro atoms. The number of ketones is 1. The van der Waals surface area contributed by atoms with E-state index in [0.717, 1.165) is 43.5 Å². The van der Waals surface area contributed by atoms with E-state index in [4.69, 9.17) is 28.7 Å². The average molecular weight is 1360 g/mol. The van der Waals surface area contributed by atoms with Crippen molar-refractivity contribution >= 4 is 67.5 Å². The van der Waals surface area contributed by atoms with Crippen LogP contribution in [0, 0.1) is 13.8 Å². The number of nitrogens with one attached hydrogen (secondary N) is 4. The number of hydrogen-bond donors (Lipinski definition) is 5. The first kappa shape index (κ1) is 80.3. The molecule has 94 heavy (non-hydrogen) atoms. The highest BCUT2D eigenvalue weighted by atomic mass is 32.2. The number of carbonyl (C=O) groups is 8. The number of esters is 4. The predicted molar refractivity (Wildman–Crippen MR) is 353 cm³/mol. The first-order valence-electron chi connectivity index (χ1n) is 32.7. The second-order valence-electron chi connectivity index (χ2n) is 28.3. The van der Waals surface area contributed by atoms with Gasteiger partial charge in [0.2, 0.25) is 27.7 Å². The maximum Gasteiger partial charge on any atom is 0.326 e. The molecule has 1 saturated heterocycles. The topological polar surface area (TPSA) is 342 Å². The summed E-state index contributed by atoms with van der Waals surface area (Å²) in [6, 6.07) is 3.01. The van der Waals surface area contributed by atoms with Crippen LogP contribution in [0.15, 0.2) is 29.2 Å². The number of carbonyl (C=O) groups excluding carboxylic acids is 8. The minimum absolute atomic E-state index is 0.00462. The van der Waals surface area contributed by atoms with Crippen LogP contribution in [0.2, 0.25) is 0 Å². The number of benzene rings is 1. The lowest BCUT2D eigenvalue weighted by Crippen LogP contribution is -2.50. The summed E-state index contributed by atoms with van der Waals surface area (Å²) >= 11 is 0. The number of amides is 3. The summed E-state index contributed by atoms with van der Waals surface area (Å²) in [5.41, 5.74) is 0.646. The van der Waals surface area contributed by atoms with Crippen LogP contribution >= 0.6 is 0 Å². The lowest BCUT2D eigenvalue weighted by molar-refractivity contribution is -0.163. The SMILES string of the molecule is Cc1cc(OCCCC(=O)NCCCC(=O)[C@H](CS(=O)(=O)O)NC(=O)CCC(C(=O)OC(C)(C)C)N2CCN(CC(=O)OC(C)(C)C)CCN(CC(=O)OC(C)(C)C)CC2)cc(C)c1S(=O)(=O)NC(CNC(=O)CCCCc1ccc2c(n1)CCCC2)C(=O)OC(C)(C)C. The van der Waals surface area contributed by atoms with Gasteiger partial charge in [-0.2, -0.15) is 13.1 Å². The van der Waals surface area contributed by atoms with E-state index < -0.39 is 108 Å². The zero-order valence-electron chi connectivity index (χ0n) is 57.9. The van der Waals surface area contributed by atoms with E-state index in [1.807, 2.05) is 15.9 Å². The molecular weight excluding hydrogens is 1260 g/mol. The lowest BCUT2D eigenvalue weighted by atomic mass is 9.95. The largest absolute Gasteiger partial charge is 0.494 e. The van der Waals surface area contributed by atoms with Crippen LogP contribution in [0.5, 0.6) is 5.75 Å². The molecule has 28 heteroatoms. The Labute approximate surface area is 556 Å². The number of hydrogen-bond acceptors (Lipinski definition) is 21. The predicted octanol–water partition coefficient (Wildman–Crippen LogP) is 5.19. The van der Waals surface area contributed by atoms with Crippen molar-refractivity contribution in [2.24, 2.45) is 0 Å². The molecule has 0 saturated carbocycles. The van der Waals surface area contributed by atoms with E-state index >= 15 is 0 Å². The Bertz CT molecular complexity index is 3090. The molecule has 26 nitrogen and oxygen atoms in total. The Morgan fingerprint density at radius 3 is 1.70 bits per heavy atom. The van der Waals surface area contributed by atoms with E-state index in [1.165, 1.54) is 24.1 Å². The zero-order chi connectivity index (χ0) is 70.4. The Kier molecular flexibility index (Phi) is 31.0. The molecule has 5 N–H and O–H groups in total. The van der Waals surface area contributed by atoms with E-state index in [0.29, 0.717) is 36.4 Å². The summed E-state index contributed by atoms with van der Waals surface area (Å²) in [5.74, 6) is -5.56. The molecule has 530 valence electrons. The van der Waals surface area contributed by atoms with Crippen molar-refractivity contribution in [2.75, 3.05) is 77.8 Å². The molecule has 2 heterocycles. The number of aryl methyl sites for hydroxylation is 5. The van der Waals surface area contributed by atoms with Gasteiger partial charge in [-0.3, -0.25) is 62.6 Å². The van der Waals surface area contributed by atoms with Crippen LogP contribution in [0.25, 0.3) is 0 Å². The van der Waals surface area contributed by atoms with E-state index in [-0.39, 0.29) is 115 Å². The summed E-state index contributed by atoms with van der Waals surface area (Å²) in [6.45, 7) is 24.9. The van der Waals surface area contributed by atoms with Crippen molar-refractivity contribution in [1.29, 1.82) is 0 Å². The molecular formula is C66H106N8O18S2. The van der Waals surface area contributed by atoms with Crippen molar-refractivity contribution < 1.29 is 83.4 Å². The molecule has 3 amide bonds. The van der Waals surface area contributed by atoms with Crippen LogP contribution in [0.1, 0.15) is 182 Å². The second kappa shape index (κ2) is 36.3. The van der Waals surface area contributed by atoms with Crippen molar-refractivity contribution in [1.82, 2.24) is 40.4 Å². The highest BCUT2D eigenvalue weighted by Crippen LogP contribution is 2.27. The lowest BCUT2D eigenvalue weighted by Gasteiger charge is -2.34. The smallest absolute Gasteiger partial charge is 0.326 e. The number of ether oxygens (including phenoxy) is 5. The number of nitrogens with zero attached hydrogens (tertiary/aromatic N) is 4.